The average Bonchev–Trinajstić information content (AvgIpc) is 2.85. The first-order valence-corrected chi connectivity index (χ1v) is 6.34. The number of aliphatic hydroxyl groups excluding tert-OH is 1. The minimum Gasteiger partial charge on any atom is -0.444 e. The zero-order valence-corrected chi connectivity index (χ0v) is 11.2. The summed E-state index contributed by atoms with van der Waals surface area (Å²) < 4.78 is 19.0. The molecule has 1 aromatic heterocycles. The standard InChI is InChI=1S/C13H21FN2O2/c1-13(2,3)11-5-15-12(18-11)7-16-6-9(14)4-10(16)8-17/h5,9-10,17H,4,6-8H2,1-3H3/t9-,10-/m0/s1. The van der Waals surface area contributed by atoms with Crippen LogP contribution in [0.4, 0.5) is 4.39 Å². The average molecular weight is 256 g/mol. The number of rotatable bonds is 3. The van der Waals surface area contributed by atoms with Gasteiger partial charge in [-0.25, -0.2) is 9.37 Å². The highest BCUT2D eigenvalue weighted by Crippen LogP contribution is 2.25. The number of nitrogens with zero attached hydrogens (tertiary/aromatic N) is 2. The van der Waals surface area contributed by atoms with Crippen LogP contribution in [0.5, 0.6) is 0 Å². The number of hydrogen-bond donors (Lipinski definition) is 1. The Bertz CT molecular complexity index is 400. The van der Waals surface area contributed by atoms with E-state index < -0.39 is 6.17 Å². The van der Waals surface area contributed by atoms with Crippen LogP contribution in [0.25, 0.3) is 0 Å². The van der Waals surface area contributed by atoms with Crippen molar-refractivity contribution in [3.8, 4) is 0 Å². The molecule has 0 saturated carbocycles. The van der Waals surface area contributed by atoms with Crippen LogP contribution in [0.15, 0.2) is 10.6 Å². The SMILES string of the molecule is CC(C)(C)c1cnc(CN2C[C@@H](F)C[C@H]2CO)o1. The van der Waals surface area contributed by atoms with Gasteiger partial charge in [-0.2, -0.15) is 0 Å². The van der Waals surface area contributed by atoms with E-state index in [9.17, 15) is 9.50 Å². The highest BCUT2D eigenvalue weighted by molar-refractivity contribution is 5.06. The minimum atomic E-state index is -0.862. The lowest BCUT2D eigenvalue weighted by molar-refractivity contribution is 0.142. The molecule has 0 unspecified atom stereocenters. The lowest BCUT2D eigenvalue weighted by Gasteiger charge is -2.20. The van der Waals surface area contributed by atoms with E-state index in [1.54, 1.807) is 6.20 Å². The van der Waals surface area contributed by atoms with Crippen LogP contribution in [-0.2, 0) is 12.0 Å². The Morgan fingerprint density at radius 1 is 1.56 bits per heavy atom. The van der Waals surface area contributed by atoms with E-state index in [1.165, 1.54) is 0 Å². The molecule has 18 heavy (non-hydrogen) atoms. The third-order valence-corrected chi connectivity index (χ3v) is 3.32. The number of oxazole rings is 1. The summed E-state index contributed by atoms with van der Waals surface area (Å²) in [5.74, 6) is 1.42. The van der Waals surface area contributed by atoms with E-state index in [-0.39, 0.29) is 18.1 Å². The lowest BCUT2D eigenvalue weighted by atomic mass is 9.94. The second-order valence-corrected chi connectivity index (χ2v) is 5.97. The Kier molecular flexibility index (Phi) is 3.73. The molecule has 102 valence electrons. The smallest absolute Gasteiger partial charge is 0.208 e. The Morgan fingerprint density at radius 2 is 2.28 bits per heavy atom. The van der Waals surface area contributed by atoms with Gasteiger partial charge in [-0.05, 0) is 6.42 Å². The Labute approximate surface area is 107 Å². The predicted molar refractivity (Wildman–Crippen MR) is 66.0 cm³/mol. The van der Waals surface area contributed by atoms with Gasteiger partial charge in [0.05, 0.1) is 19.3 Å². The maximum atomic E-state index is 13.3. The normalized spacial score (nSPS) is 25.8. The molecular weight excluding hydrogens is 235 g/mol. The van der Waals surface area contributed by atoms with Crippen molar-refractivity contribution in [2.24, 2.45) is 0 Å². The number of hydrogen-bond acceptors (Lipinski definition) is 4. The maximum Gasteiger partial charge on any atom is 0.208 e. The van der Waals surface area contributed by atoms with Gasteiger partial charge in [0.2, 0.25) is 5.89 Å². The second kappa shape index (κ2) is 4.97. The van der Waals surface area contributed by atoms with Gasteiger partial charge in [0, 0.05) is 18.0 Å². The van der Waals surface area contributed by atoms with Crippen molar-refractivity contribution in [3.05, 3.63) is 17.8 Å². The van der Waals surface area contributed by atoms with E-state index in [0.29, 0.717) is 25.4 Å². The summed E-state index contributed by atoms with van der Waals surface area (Å²) in [4.78, 5) is 6.12. The summed E-state index contributed by atoms with van der Waals surface area (Å²) in [5.41, 5.74) is -0.0741. The van der Waals surface area contributed by atoms with Crippen molar-refractivity contribution in [2.45, 2.75) is 51.4 Å². The Balaban J connectivity index is 2.03. The molecule has 2 heterocycles. The third kappa shape index (κ3) is 2.90. The van der Waals surface area contributed by atoms with Crippen LogP contribution < -0.4 is 0 Å². The van der Waals surface area contributed by atoms with E-state index in [2.05, 4.69) is 25.8 Å². The predicted octanol–water partition coefficient (Wildman–Crippen LogP) is 1.88. The quantitative estimate of drug-likeness (QED) is 0.897. The van der Waals surface area contributed by atoms with Gasteiger partial charge in [0.15, 0.2) is 0 Å². The largest absolute Gasteiger partial charge is 0.444 e. The summed E-state index contributed by atoms with van der Waals surface area (Å²) in [5, 5.41) is 9.21. The number of aliphatic hydroxyl groups is 1. The van der Waals surface area contributed by atoms with E-state index in [1.807, 2.05) is 4.90 Å². The van der Waals surface area contributed by atoms with Gasteiger partial charge in [-0.15, -0.1) is 0 Å². The fourth-order valence-electron chi connectivity index (χ4n) is 2.21. The highest BCUT2D eigenvalue weighted by Gasteiger charge is 2.32. The molecular formula is C13H21FN2O2. The zero-order chi connectivity index (χ0) is 13.3. The molecule has 0 bridgehead atoms. The summed E-state index contributed by atoms with van der Waals surface area (Å²) in [6.45, 7) is 6.96. The van der Waals surface area contributed by atoms with Crippen molar-refractivity contribution in [1.82, 2.24) is 9.88 Å². The molecule has 0 aliphatic carbocycles. The van der Waals surface area contributed by atoms with E-state index in [4.69, 9.17) is 4.42 Å². The van der Waals surface area contributed by atoms with Gasteiger partial charge < -0.3 is 9.52 Å². The van der Waals surface area contributed by atoms with Crippen molar-refractivity contribution >= 4 is 0 Å². The van der Waals surface area contributed by atoms with Crippen molar-refractivity contribution in [3.63, 3.8) is 0 Å². The van der Waals surface area contributed by atoms with Crippen LogP contribution in [0.1, 0.15) is 38.8 Å². The molecule has 0 amide bonds. The molecule has 0 radical (unpaired) electrons. The molecule has 1 aliphatic heterocycles. The van der Waals surface area contributed by atoms with Gasteiger partial charge in [0.1, 0.15) is 11.9 Å². The molecule has 0 aromatic carbocycles. The number of aromatic nitrogens is 1. The molecule has 1 N–H and O–H groups in total. The van der Waals surface area contributed by atoms with E-state index >= 15 is 0 Å². The first kappa shape index (κ1) is 13.5. The van der Waals surface area contributed by atoms with E-state index in [0.717, 1.165) is 5.76 Å². The maximum absolute atomic E-state index is 13.3. The van der Waals surface area contributed by atoms with Crippen molar-refractivity contribution < 1.29 is 13.9 Å². The first-order valence-electron chi connectivity index (χ1n) is 6.34. The van der Waals surface area contributed by atoms with Crippen LogP contribution >= 0.6 is 0 Å². The van der Waals surface area contributed by atoms with Crippen LogP contribution in [0.3, 0.4) is 0 Å². The molecule has 0 spiro atoms. The molecule has 5 heteroatoms. The number of likely N-dealkylation sites (tertiary alicyclic amines) is 1. The lowest BCUT2D eigenvalue weighted by Crippen LogP contribution is -2.31. The molecule has 2 atom stereocenters. The monoisotopic (exact) mass is 256 g/mol. The van der Waals surface area contributed by atoms with Crippen LogP contribution in [0, 0.1) is 0 Å². The number of halogens is 1. The summed E-state index contributed by atoms with van der Waals surface area (Å²) >= 11 is 0. The second-order valence-electron chi connectivity index (χ2n) is 5.97. The number of alkyl halides is 1. The van der Waals surface area contributed by atoms with Gasteiger partial charge >= 0.3 is 0 Å². The van der Waals surface area contributed by atoms with Crippen molar-refractivity contribution in [1.29, 1.82) is 0 Å². The van der Waals surface area contributed by atoms with Crippen molar-refractivity contribution in [2.75, 3.05) is 13.2 Å². The topological polar surface area (TPSA) is 49.5 Å². The third-order valence-electron chi connectivity index (χ3n) is 3.32. The Morgan fingerprint density at radius 3 is 2.83 bits per heavy atom. The van der Waals surface area contributed by atoms with Crippen LogP contribution in [0.2, 0.25) is 0 Å². The molecule has 1 fully saturated rings. The van der Waals surface area contributed by atoms with Gasteiger partial charge in [-0.3, -0.25) is 4.90 Å². The fourth-order valence-corrected chi connectivity index (χ4v) is 2.21. The molecule has 4 nitrogen and oxygen atoms in total. The van der Waals surface area contributed by atoms with Crippen LogP contribution in [-0.4, -0.2) is 40.4 Å². The summed E-state index contributed by atoms with van der Waals surface area (Å²) in [7, 11) is 0. The highest BCUT2D eigenvalue weighted by atomic mass is 19.1. The minimum absolute atomic E-state index is 0.0206. The summed E-state index contributed by atoms with van der Waals surface area (Å²) in [6.07, 6.45) is 1.26. The molecule has 1 aliphatic rings. The van der Waals surface area contributed by atoms with Gasteiger partial charge in [0.25, 0.3) is 0 Å². The van der Waals surface area contributed by atoms with Gasteiger partial charge in [-0.1, -0.05) is 20.8 Å². The fraction of sp³-hybridized carbons (Fsp3) is 0.769. The zero-order valence-electron chi connectivity index (χ0n) is 11.2. The first-order chi connectivity index (χ1) is 8.40. The Hall–Kier alpha value is -0.940. The molecule has 2 rings (SSSR count). The molecule has 1 aromatic rings. The molecule has 1 saturated heterocycles. The summed E-state index contributed by atoms with van der Waals surface area (Å²) in [6, 6.07) is -0.120.